The summed E-state index contributed by atoms with van der Waals surface area (Å²) >= 11 is 5.95. The molecule has 1 N–H and O–H groups in total. The molecule has 0 radical (unpaired) electrons. The molecule has 0 bridgehead atoms. The fraction of sp³-hybridized carbons (Fsp3) is 0.227. The summed E-state index contributed by atoms with van der Waals surface area (Å²) in [5.41, 5.74) is 1.77. The summed E-state index contributed by atoms with van der Waals surface area (Å²) in [6.45, 7) is 1.41. The number of carbonyl (C=O) groups excluding carboxylic acids is 2. The largest absolute Gasteiger partial charge is 0.495 e. The maximum atomic E-state index is 12.4. The van der Waals surface area contributed by atoms with Crippen molar-refractivity contribution in [1.29, 1.82) is 5.26 Å². The second kappa shape index (κ2) is 10.3. The standard InChI is InChI=1S/C22H22ClN3O4/c1-14(21(27)25-19-12-17(23)7-10-20(19)29-4)30-22(28)16(13-24)11-15-5-8-18(9-6-15)26(2)3/h5-12,14H,1-4H3,(H,25,27)/b16-11+. The van der Waals surface area contributed by atoms with E-state index in [1.807, 2.05) is 37.2 Å². The van der Waals surface area contributed by atoms with Gasteiger partial charge in [-0.1, -0.05) is 23.7 Å². The number of hydrogen-bond donors (Lipinski definition) is 1. The average Bonchev–Trinajstić information content (AvgIpc) is 2.72. The molecule has 1 unspecified atom stereocenters. The Morgan fingerprint density at radius 3 is 2.43 bits per heavy atom. The minimum atomic E-state index is -1.14. The predicted molar refractivity (Wildman–Crippen MR) is 117 cm³/mol. The van der Waals surface area contributed by atoms with E-state index < -0.39 is 18.0 Å². The van der Waals surface area contributed by atoms with Gasteiger partial charge in [0.2, 0.25) is 0 Å². The molecule has 2 rings (SSSR count). The predicted octanol–water partition coefficient (Wildman–Crippen LogP) is 3.89. The van der Waals surface area contributed by atoms with E-state index in [2.05, 4.69) is 5.32 Å². The van der Waals surface area contributed by atoms with Gasteiger partial charge in [-0.15, -0.1) is 0 Å². The number of benzene rings is 2. The summed E-state index contributed by atoms with van der Waals surface area (Å²) in [5, 5.41) is 12.3. The van der Waals surface area contributed by atoms with E-state index in [1.165, 1.54) is 26.2 Å². The highest BCUT2D eigenvalue weighted by atomic mass is 35.5. The van der Waals surface area contributed by atoms with Gasteiger partial charge in [0, 0.05) is 24.8 Å². The van der Waals surface area contributed by atoms with Crippen molar-refractivity contribution in [2.24, 2.45) is 0 Å². The Morgan fingerprint density at radius 1 is 1.20 bits per heavy atom. The van der Waals surface area contributed by atoms with Crippen molar-refractivity contribution < 1.29 is 19.1 Å². The molecule has 2 aromatic rings. The van der Waals surface area contributed by atoms with Gasteiger partial charge in [-0.2, -0.15) is 5.26 Å². The Bertz CT molecular complexity index is 994. The third kappa shape index (κ3) is 6.00. The van der Waals surface area contributed by atoms with Gasteiger partial charge in [0.1, 0.15) is 17.4 Å². The van der Waals surface area contributed by atoms with Crippen molar-refractivity contribution >= 4 is 40.9 Å². The van der Waals surface area contributed by atoms with Crippen LogP contribution in [0.25, 0.3) is 6.08 Å². The van der Waals surface area contributed by atoms with Gasteiger partial charge in [-0.3, -0.25) is 4.79 Å². The molecule has 0 aliphatic carbocycles. The number of ether oxygens (including phenoxy) is 2. The van der Waals surface area contributed by atoms with E-state index in [0.29, 0.717) is 22.0 Å². The molecule has 0 spiro atoms. The number of nitriles is 1. The van der Waals surface area contributed by atoms with Crippen molar-refractivity contribution in [2.75, 3.05) is 31.4 Å². The van der Waals surface area contributed by atoms with Crippen LogP contribution in [0.2, 0.25) is 5.02 Å². The summed E-state index contributed by atoms with van der Waals surface area (Å²) in [4.78, 5) is 26.7. The number of nitrogens with zero attached hydrogens (tertiary/aromatic N) is 2. The first-order valence-electron chi connectivity index (χ1n) is 8.99. The third-order valence-corrected chi connectivity index (χ3v) is 4.37. The third-order valence-electron chi connectivity index (χ3n) is 4.13. The van der Waals surface area contributed by atoms with Crippen LogP contribution in [0.3, 0.4) is 0 Å². The van der Waals surface area contributed by atoms with E-state index in [1.54, 1.807) is 24.3 Å². The van der Waals surface area contributed by atoms with Gasteiger partial charge in [-0.25, -0.2) is 4.79 Å². The molecule has 2 aromatic carbocycles. The fourth-order valence-corrected chi connectivity index (χ4v) is 2.63. The van der Waals surface area contributed by atoms with Gasteiger partial charge < -0.3 is 19.7 Å². The van der Waals surface area contributed by atoms with Crippen molar-refractivity contribution in [3.63, 3.8) is 0 Å². The molecule has 7 nitrogen and oxygen atoms in total. The summed E-state index contributed by atoms with van der Waals surface area (Å²) in [6.07, 6.45) is 0.265. The lowest BCUT2D eigenvalue weighted by molar-refractivity contribution is -0.148. The van der Waals surface area contributed by atoms with Gasteiger partial charge >= 0.3 is 5.97 Å². The first kappa shape index (κ1) is 22.8. The highest BCUT2D eigenvalue weighted by Crippen LogP contribution is 2.28. The first-order chi connectivity index (χ1) is 14.2. The number of hydrogen-bond acceptors (Lipinski definition) is 6. The van der Waals surface area contributed by atoms with Crippen molar-refractivity contribution in [3.05, 3.63) is 58.6 Å². The molecule has 156 valence electrons. The van der Waals surface area contributed by atoms with E-state index in [4.69, 9.17) is 21.1 Å². The molecule has 8 heteroatoms. The Kier molecular flexibility index (Phi) is 7.84. The molecule has 0 fully saturated rings. The maximum absolute atomic E-state index is 12.4. The van der Waals surface area contributed by atoms with Crippen molar-refractivity contribution in [3.8, 4) is 11.8 Å². The zero-order chi connectivity index (χ0) is 22.3. The Labute approximate surface area is 180 Å². The Morgan fingerprint density at radius 2 is 1.87 bits per heavy atom. The Balaban J connectivity index is 2.08. The van der Waals surface area contributed by atoms with Crippen LogP contribution in [0.5, 0.6) is 5.75 Å². The summed E-state index contributed by atoms with van der Waals surface area (Å²) in [7, 11) is 5.28. The van der Waals surface area contributed by atoms with Gasteiger partial charge in [0.05, 0.1) is 12.8 Å². The zero-order valence-corrected chi connectivity index (χ0v) is 17.9. The number of nitrogens with one attached hydrogen (secondary N) is 1. The number of esters is 1. The highest BCUT2D eigenvalue weighted by molar-refractivity contribution is 6.31. The van der Waals surface area contributed by atoms with Crippen LogP contribution in [0.15, 0.2) is 48.0 Å². The van der Waals surface area contributed by atoms with E-state index >= 15 is 0 Å². The van der Waals surface area contributed by atoms with Crippen LogP contribution < -0.4 is 15.0 Å². The number of carbonyl (C=O) groups is 2. The van der Waals surface area contributed by atoms with Crippen LogP contribution in [0.4, 0.5) is 11.4 Å². The zero-order valence-electron chi connectivity index (χ0n) is 17.1. The van der Waals surface area contributed by atoms with Crippen LogP contribution in [0.1, 0.15) is 12.5 Å². The lowest BCUT2D eigenvalue weighted by atomic mass is 10.1. The van der Waals surface area contributed by atoms with Gasteiger partial charge in [0.25, 0.3) is 5.91 Å². The fourth-order valence-electron chi connectivity index (χ4n) is 2.46. The number of anilines is 2. The summed E-state index contributed by atoms with van der Waals surface area (Å²) < 4.78 is 10.3. The Hall–Kier alpha value is -3.50. The molecule has 0 aromatic heterocycles. The summed E-state index contributed by atoms with van der Waals surface area (Å²) in [6, 6.07) is 13.8. The summed E-state index contributed by atoms with van der Waals surface area (Å²) in [5.74, 6) is -1.07. The monoisotopic (exact) mass is 427 g/mol. The SMILES string of the molecule is COc1ccc(Cl)cc1NC(=O)C(C)OC(=O)/C(C#N)=C/c1ccc(N(C)C)cc1. The number of halogens is 1. The van der Waals surface area contributed by atoms with Crippen molar-refractivity contribution in [1.82, 2.24) is 0 Å². The molecular formula is C22H22ClN3O4. The van der Waals surface area contributed by atoms with E-state index in [0.717, 1.165) is 5.69 Å². The molecule has 0 heterocycles. The maximum Gasteiger partial charge on any atom is 0.349 e. The minimum absolute atomic E-state index is 0.215. The molecule has 1 amide bonds. The average molecular weight is 428 g/mol. The smallest absolute Gasteiger partial charge is 0.349 e. The topological polar surface area (TPSA) is 91.7 Å². The molecule has 0 aliphatic heterocycles. The number of rotatable bonds is 7. The second-order valence-corrected chi connectivity index (χ2v) is 6.97. The van der Waals surface area contributed by atoms with Crippen molar-refractivity contribution in [2.45, 2.75) is 13.0 Å². The quantitative estimate of drug-likeness (QED) is 0.409. The molecule has 0 saturated heterocycles. The van der Waals surface area contributed by atoms with E-state index in [9.17, 15) is 14.9 Å². The van der Waals surface area contributed by atoms with E-state index in [-0.39, 0.29) is 5.57 Å². The molecular weight excluding hydrogens is 406 g/mol. The van der Waals surface area contributed by atoms with Gasteiger partial charge in [0.15, 0.2) is 6.10 Å². The second-order valence-electron chi connectivity index (χ2n) is 6.54. The minimum Gasteiger partial charge on any atom is -0.495 e. The highest BCUT2D eigenvalue weighted by Gasteiger charge is 2.21. The van der Waals surface area contributed by atoms with Crippen LogP contribution >= 0.6 is 11.6 Å². The molecule has 30 heavy (non-hydrogen) atoms. The van der Waals surface area contributed by atoms with Crippen LogP contribution in [-0.4, -0.2) is 39.2 Å². The lowest BCUT2D eigenvalue weighted by Gasteiger charge is -2.15. The first-order valence-corrected chi connectivity index (χ1v) is 9.37. The molecule has 1 atom stereocenters. The molecule has 0 aliphatic rings. The number of methoxy groups -OCH3 is 1. The molecule has 0 saturated carbocycles. The normalized spacial score (nSPS) is 11.8. The van der Waals surface area contributed by atoms with Crippen LogP contribution in [0, 0.1) is 11.3 Å². The number of amides is 1. The van der Waals surface area contributed by atoms with Gasteiger partial charge in [-0.05, 0) is 48.9 Å². The lowest BCUT2D eigenvalue weighted by Crippen LogP contribution is -2.30. The van der Waals surface area contributed by atoms with Crippen LogP contribution in [-0.2, 0) is 14.3 Å².